The lowest BCUT2D eigenvalue weighted by atomic mass is 10.1. The number of carbonyl (C=O) groups excluding carboxylic acids is 2. The third kappa shape index (κ3) is 4.66. The molecule has 7 nitrogen and oxygen atoms in total. The lowest BCUT2D eigenvalue weighted by Gasteiger charge is -2.35. The zero-order valence-electron chi connectivity index (χ0n) is 18.2. The third-order valence-electron chi connectivity index (χ3n) is 6.16. The fourth-order valence-electron chi connectivity index (χ4n) is 4.31. The fraction of sp³-hybridized carbons (Fsp3) is 0.417. The first-order valence-corrected chi connectivity index (χ1v) is 10.8. The van der Waals surface area contributed by atoms with Crippen LogP contribution in [0.15, 0.2) is 48.5 Å². The molecule has 0 saturated carbocycles. The maximum atomic E-state index is 12.9. The Morgan fingerprint density at radius 3 is 2.45 bits per heavy atom. The molecule has 1 atom stereocenters. The van der Waals surface area contributed by atoms with E-state index in [-0.39, 0.29) is 24.2 Å². The molecular formula is C24H30N4O3. The van der Waals surface area contributed by atoms with Gasteiger partial charge in [-0.15, -0.1) is 0 Å². The van der Waals surface area contributed by atoms with Crippen molar-refractivity contribution >= 4 is 23.2 Å². The number of benzene rings is 2. The molecule has 1 unspecified atom stereocenters. The van der Waals surface area contributed by atoms with Gasteiger partial charge < -0.3 is 24.8 Å². The van der Waals surface area contributed by atoms with Gasteiger partial charge in [-0.3, -0.25) is 9.59 Å². The summed E-state index contributed by atoms with van der Waals surface area (Å²) in [6.07, 6.45) is 0.212. The predicted molar refractivity (Wildman–Crippen MR) is 121 cm³/mol. The van der Waals surface area contributed by atoms with Crippen LogP contribution in [0.3, 0.4) is 0 Å². The standard InChI is InChI=1S/C24H30N4O3/c1-26-11-13-27(14-12-26)20-8-4-3-7-18(20)16-25-24(30)19-15-23(29)28(17-19)21-9-5-6-10-22(21)31-2/h3-10,19H,11-17H2,1-2H3,(H,25,30). The second-order valence-electron chi connectivity index (χ2n) is 8.21. The van der Waals surface area contributed by atoms with E-state index in [9.17, 15) is 9.59 Å². The molecule has 2 aromatic carbocycles. The van der Waals surface area contributed by atoms with Crippen LogP contribution in [-0.2, 0) is 16.1 Å². The van der Waals surface area contributed by atoms with Crippen LogP contribution in [0.1, 0.15) is 12.0 Å². The Kier molecular flexibility index (Phi) is 6.42. The highest BCUT2D eigenvalue weighted by Gasteiger charge is 2.36. The van der Waals surface area contributed by atoms with E-state index in [1.807, 2.05) is 36.4 Å². The van der Waals surface area contributed by atoms with Gasteiger partial charge in [-0.25, -0.2) is 0 Å². The van der Waals surface area contributed by atoms with Crippen molar-refractivity contribution in [1.29, 1.82) is 0 Å². The quantitative estimate of drug-likeness (QED) is 0.773. The van der Waals surface area contributed by atoms with Crippen LogP contribution in [0.5, 0.6) is 5.75 Å². The van der Waals surface area contributed by atoms with Crippen LogP contribution in [0.2, 0.25) is 0 Å². The molecule has 0 aliphatic carbocycles. The minimum atomic E-state index is -0.367. The van der Waals surface area contributed by atoms with Gasteiger partial charge in [-0.05, 0) is 30.8 Å². The summed E-state index contributed by atoms with van der Waals surface area (Å²) in [6, 6.07) is 15.6. The summed E-state index contributed by atoms with van der Waals surface area (Å²) in [6.45, 7) is 4.85. The Hall–Kier alpha value is -3.06. The molecule has 2 aliphatic heterocycles. The molecule has 2 saturated heterocycles. The molecule has 2 aromatic rings. The fourth-order valence-corrected chi connectivity index (χ4v) is 4.31. The number of para-hydroxylation sites is 3. The van der Waals surface area contributed by atoms with Gasteiger partial charge in [-0.1, -0.05) is 30.3 Å². The Balaban J connectivity index is 1.39. The van der Waals surface area contributed by atoms with E-state index >= 15 is 0 Å². The van der Waals surface area contributed by atoms with Gasteiger partial charge in [0.15, 0.2) is 0 Å². The van der Waals surface area contributed by atoms with Crippen molar-refractivity contribution in [2.24, 2.45) is 5.92 Å². The van der Waals surface area contributed by atoms with Gasteiger partial charge in [0.25, 0.3) is 0 Å². The normalized spacial score (nSPS) is 19.5. The van der Waals surface area contributed by atoms with Crippen LogP contribution in [0.25, 0.3) is 0 Å². The number of amides is 2. The second-order valence-corrected chi connectivity index (χ2v) is 8.21. The average Bonchev–Trinajstić information content (AvgIpc) is 3.19. The molecule has 2 heterocycles. The highest BCUT2D eigenvalue weighted by Crippen LogP contribution is 2.33. The highest BCUT2D eigenvalue weighted by atomic mass is 16.5. The molecule has 0 aromatic heterocycles. The van der Waals surface area contributed by atoms with Gasteiger partial charge >= 0.3 is 0 Å². The van der Waals surface area contributed by atoms with E-state index in [0.29, 0.717) is 24.5 Å². The molecule has 2 amide bonds. The number of nitrogens with one attached hydrogen (secondary N) is 1. The molecule has 4 rings (SSSR count). The van der Waals surface area contributed by atoms with Crippen LogP contribution < -0.4 is 19.9 Å². The molecule has 0 radical (unpaired) electrons. The minimum Gasteiger partial charge on any atom is -0.495 e. The van der Waals surface area contributed by atoms with E-state index in [1.54, 1.807) is 12.0 Å². The lowest BCUT2D eigenvalue weighted by Crippen LogP contribution is -2.45. The van der Waals surface area contributed by atoms with Crippen LogP contribution in [0.4, 0.5) is 11.4 Å². The number of methoxy groups -OCH3 is 1. The molecule has 0 spiro atoms. The average molecular weight is 423 g/mol. The van der Waals surface area contributed by atoms with Crippen molar-refractivity contribution in [2.45, 2.75) is 13.0 Å². The van der Waals surface area contributed by atoms with Gasteiger partial charge in [0, 0.05) is 51.4 Å². The van der Waals surface area contributed by atoms with Crippen molar-refractivity contribution in [3.05, 3.63) is 54.1 Å². The van der Waals surface area contributed by atoms with Gasteiger partial charge in [-0.2, -0.15) is 0 Å². The summed E-state index contributed by atoms with van der Waals surface area (Å²) in [5.41, 5.74) is 2.99. The van der Waals surface area contributed by atoms with E-state index in [4.69, 9.17) is 4.74 Å². The van der Waals surface area contributed by atoms with E-state index in [0.717, 1.165) is 31.7 Å². The maximum absolute atomic E-state index is 12.9. The predicted octanol–water partition coefficient (Wildman–Crippen LogP) is 2.12. The van der Waals surface area contributed by atoms with Crippen LogP contribution >= 0.6 is 0 Å². The Bertz CT molecular complexity index is 940. The third-order valence-corrected chi connectivity index (χ3v) is 6.16. The number of ether oxygens (including phenoxy) is 1. The summed E-state index contributed by atoms with van der Waals surface area (Å²) < 4.78 is 5.38. The van der Waals surface area contributed by atoms with Gasteiger partial charge in [0.1, 0.15) is 5.75 Å². The maximum Gasteiger partial charge on any atom is 0.227 e. The minimum absolute atomic E-state index is 0.0533. The number of piperazine rings is 1. The summed E-state index contributed by atoms with van der Waals surface area (Å²) >= 11 is 0. The van der Waals surface area contributed by atoms with E-state index in [2.05, 4.69) is 34.3 Å². The van der Waals surface area contributed by atoms with Crippen LogP contribution in [-0.4, -0.2) is 63.6 Å². The van der Waals surface area contributed by atoms with Gasteiger partial charge in [0.05, 0.1) is 18.7 Å². The number of nitrogens with zero attached hydrogens (tertiary/aromatic N) is 3. The monoisotopic (exact) mass is 422 g/mol. The highest BCUT2D eigenvalue weighted by molar-refractivity contribution is 6.01. The number of hydrogen-bond donors (Lipinski definition) is 1. The van der Waals surface area contributed by atoms with Gasteiger partial charge in [0.2, 0.25) is 11.8 Å². The summed E-state index contributed by atoms with van der Waals surface area (Å²) in [5, 5.41) is 3.06. The zero-order valence-corrected chi connectivity index (χ0v) is 18.2. The topological polar surface area (TPSA) is 65.1 Å². The van der Waals surface area contributed by atoms with E-state index < -0.39 is 0 Å². The van der Waals surface area contributed by atoms with Crippen molar-refractivity contribution < 1.29 is 14.3 Å². The molecule has 0 bridgehead atoms. The summed E-state index contributed by atoms with van der Waals surface area (Å²) in [5.74, 6) is 0.132. The van der Waals surface area contributed by atoms with Crippen molar-refractivity contribution in [3.63, 3.8) is 0 Å². The van der Waals surface area contributed by atoms with Crippen molar-refractivity contribution in [1.82, 2.24) is 10.2 Å². The molecule has 164 valence electrons. The Morgan fingerprint density at radius 1 is 1.03 bits per heavy atom. The number of likely N-dealkylation sites (N-methyl/N-ethyl adjacent to an activating group) is 1. The Morgan fingerprint density at radius 2 is 1.71 bits per heavy atom. The molecule has 2 aliphatic rings. The first kappa shape index (κ1) is 21.2. The number of rotatable bonds is 6. The smallest absolute Gasteiger partial charge is 0.227 e. The molecule has 1 N–H and O–H groups in total. The number of anilines is 2. The Labute approximate surface area is 183 Å². The van der Waals surface area contributed by atoms with Crippen LogP contribution in [0, 0.1) is 5.92 Å². The molecular weight excluding hydrogens is 392 g/mol. The zero-order chi connectivity index (χ0) is 21.8. The molecule has 31 heavy (non-hydrogen) atoms. The summed E-state index contributed by atoms with van der Waals surface area (Å²) in [7, 11) is 3.72. The largest absolute Gasteiger partial charge is 0.495 e. The number of hydrogen-bond acceptors (Lipinski definition) is 5. The lowest BCUT2D eigenvalue weighted by molar-refractivity contribution is -0.126. The first-order valence-electron chi connectivity index (χ1n) is 10.8. The first-order chi connectivity index (χ1) is 15.1. The van der Waals surface area contributed by atoms with Crippen molar-refractivity contribution in [2.75, 3.05) is 56.7 Å². The summed E-state index contributed by atoms with van der Waals surface area (Å²) in [4.78, 5) is 31.8. The molecule has 7 heteroatoms. The SMILES string of the molecule is COc1ccccc1N1CC(C(=O)NCc2ccccc2N2CCN(C)CC2)CC1=O. The molecule has 2 fully saturated rings. The van der Waals surface area contributed by atoms with Crippen molar-refractivity contribution in [3.8, 4) is 5.75 Å². The number of carbonyl (C=O) groups is 2. The second kappa shape index (κ2) is 9.39. The van der Waals surface area contributed by atoms with E-state index in [1.165, 1.54) is 5.69 Å².